The number of carboxylic acid groups (broad SMARTS) is 1. The smallest absolute Gasteiger partial charge is 0.322 e. The van der Waals surface area contributed by atoms with E-state index < -0.39 is 72.1 Å². The molecule has 0 unspecified atom stereocenters. The third-order valence-electron chi connectivity index (χ3n) is 6.05. The molecular weight excluding hydrogens is 560 g/mol. The molecule has 0 bridgehead atoms. The lowest BCUT2D eigenvalue weighted by Gasteiger charge is -2.24. The number of hydrogen-bond acceptors (Lipinski definition) is 7. The van der Waals surface area contributed by atoms with Crippen LogP contribution in [-0.4, -0.2) is 83.8 Å². The minimum atomic E-state index is -1.25. The van der Waals surface area contributed by atoms with E-state index in [1.807, 2.05) is 0 Å². The van der Waals surface area contributed by atoms with Crippen molar-refractivity contribution in [2.45, 2.75) is 51.4 Å². The topological polar surface area (TPSA) is 212 Å². The Morgan fingerprint density at radius 1 is 0.605 bits per heavy atom. The fourth-order valence-electron chi connectivity index (χ4n) is 3.67. The van der Waals surface area contributed by atoms with Crippen LogP contribution in [0.25, 0.3) is 0 Å². The first-order chi connectivity index (χ1) is 20.4. The molecule has 230 valence electrons. The Kier molecular flexibility index (Phi) is 13.3. The van der Waals surface area contributed by atoms with E-state index in [-0.39, 0.29) is 13.0 Å². The van der Waals surface area contributed by atoms with Gasteiger partial charge >= 0.3 is 5.97 Å². The van der Waals surface area contributed by atoms with Gasteiger partial charge in [-0.05, 0) is 38.5 Å². The Bertz CT molecular complexity index is 1300. The second-order valence-corrected chi connectivity index (χ2v) is 9.66. The molecule has 0 aliphatic carbocycles. The number of carbonyl (C=O) groups is 7. The normalized spacial score (nSPS) is 13.2. The van der Waals surface area contributed by atoms with Crippen LogP contribution in [0, 0.1) is 0 Å². The van der Waals surface area contributed by atoms with Gasteiger partial charge in [-0.15, -0.1) is 0 Å². The molecule has 0 spiro atoms. The summed E-state index contributed by atoms with van der Waals surface area (Å²) in [6.45, 7) is 3.16. The van der Waals surface area contributed by atoms with Crippen LogP contribution in [0.5, 0.6) is 0 Å². The van der Waals surface area contributed by atoms with Crippen molar-refractivity contribution < 1.29 is 38.7 Å². The number of carboxylic acids is 1. The highest BCUT2D eigenvalue weighted by Gasteiger charge is 2.28. The summed E-state index contributed by atoms with van der Waals surface area (Å²) in [6, 6.07) is 12.6. The molecule has 0 aromatic heterocycles. The molecule has 0 saturated heterocycles. The SMILES string of the molecule is C[C@H](NC(=O)CNC(=O)c1ccccc1)C(=O)N[C@@H](C)C(=O)N[C@@H](Cc1ccccc1)C(=O)N[C@@H](C)C(=O)NCC(=O)O. The van der Waals surface area contributed by atoms with Gasteiger partial charge in [0.15, 0.2) is 0 Å². The average molecular weight is 597 g/mol. The van der Waals surface area contributed by atoms with Crippen molar-refractivity contribution in [1.82, 2.24) is 31.9 Å². The minimum absolute atomic E-state index is 0.0592. The molecule has 0 saturated carbocycles. The largest absolute Gasteiger partial charge is 0.480 e. The molecule has 0 fully saturated rings. The van der Waals surface area contributed by atoms with Gasteiger partial charge in [-0.25, -0.2) is 0 Å². The Hall–Kier alpha value is -5.27. The van der Waals surface area contributed by atoms with Gasteiger partial charge in [-0.1, -0.05) is 48.5 Å². The standard InChI is InChI=1S/C29H36N6O8/c1-17(25(39)31-16-24(37)38)34-29(43)22(14-20-10-6-4-7-11-20)35-27(41)19(3)33-26(40)18(2)32-23(36)15-30-28(42)21-12-8-5-9-13-21/h4-13,17-19,22H,14-16H2,1-3H3,(H,30,42)(H,31,39)(H,32,36)(H,33,40)(H,34,43)(H,35,41)(H,37,38)/t17-,18-,19-,22-/m0/s1. The molecule has 0 aliphatic rings. The monoisotopic (exact) mass is 596 g/mol. The number of nitrogens with one attached hydrogen (secondary N) is 6. The van der Waals surface area contributed by atoms with E-state index in [0.717, 1.165) is 0 Å². The summed E-state index contributed by atoms with van der Waals surface area (Å²) in [5, 5.41) is 23.3. The van der Waals surface area contributed by atoms with Gasteiger partial charge < -0.3 is 37.0 Å². The van der Waals surface area contributed by atoms with Crippen LogP contribution in [-0.2, 0) is 35.2 Å². The second-order valence-electron chi connectivity index (χ2n) is 9.66. The third-order valence-corrected chi connectivity index (χ3v) is 6.05. The molecule has 6 amide bonds. The first-order valence-corrected chi connectivity index (χ1v) is 13.4. The summed E-state index contributed by atoms with van der Waals surface area (Å²) in [4.78, 5) is 85.8. The Morgan fingerprint density at radius 3 is 1.72 bits per heavy atom. The predicted molar refractivity (Wildman–Crippen MR) is 154 cm³/mol. The first kappa shape index (κ1) is 33.9. The van der Waals surface area contributed by atoms with Crippen LogP contribution in [0.2, 0.25) is 0 Å². The van der Waals surface area contributed by atoms with E-state index in [0.29, 0.717) is 11.1 Å². The van der Waals surface area contributed by atoms with Crippen molar-refractivity contribution in [2.24, 2.45) is 0 Å². The van der Waals surface area contributed by atoms with E-state index in [4.69, 9.17) is 5.11 Å². The van der Waals surface area contributed by atoms with Crippen molar-refractivity contribution in [3.8, 4) is 0 Å². The number of carbonyl (C=O) groups excluding carboxylic acids is 6. The number of hydrogen-bond donors (Lipinski definition) is 7. The first-order valence-electron chi connectivity index (χ1n) is 13.4. The summed E-state index contributed by atoms with van der Waals surface area (Å²) >= 11 is 0. The van der Waals surface area contributed by atoms with Crippen LogP contribution in [0.15, 0.2) is 60.7 Å². The zero-order chi connectivity index (χ0) is 31.9. The van der Waals surface area contributed by atoms with Crippen molar-refractivity contribution in [3.63, 3.8) is 0 Å². The number of rotatable bonds is 15. The lowest BCUT2D eigenvalue weighted by Crippen LogP contribution is -2.57. The molecule has 14 nitrogen and oxygen atoms in total. The molecule has 0 aliphatic heterocycles. The molecule has 14 heteroatoms. The average Bonchev–Trinajstić information content (AvgIpc) is 2.98. The predicted octanol–water partition coefficient (Wildman–Crippen LogP) is -1.14. The fourth-order valence-corrected chi connectivity index (χ4v) is 3.67. The summed E-state index contributed by atoms with van der Waals surface area (Å²) in [7, 11) is 0. The maximum absolute atomic E-state index is 13.0. The Labute approximate surface area is 248 Å². The van der Waals surface area contributed by atoms with E-state index >= 15 is 0 Å². The Balaban J connectivity index is 1.94. The van der Waals surface area contributed by atoms with Crippen LogP contribution in [0.3, 0.4) is 0 Å². The number of amides is 6. The van der Waals surface area contributed by atoms with E-state index in [1.54, 1.807) is 60.7 Å². The highest BCUT2D eigenvalue weighted by molar-refractivity contribution is 5.98. The number of aliphatic carboxylic acids is 1. The van der Waals surface area contributed by atoms with Crippen LogP contribution in [0.1, 0.15) is 36.7 Å². The quantitative estimate of drug-likeness (QED) is 0.133. The fraction of sp³-hybridized carbons (Fsp3) is 0.345. The molecule has 2 aromatic carbocycles. The molecular formula is C29H36N6O8. The van der Waals surface area contributed by atoms with Crippen LogP contribution >= 0.6 is 0 Å². The zero-order valence-electron chi connectivity index (χ0n) is 24.0. The van der Waals surface area contributed by atoms with Gasteiger partial charge in [0.2, 0.25) is 29.5 Å². The van der Waals surface area contributed by atoms with E-state index in [2.05, 4.69) is 31.9 Å². The second kappa shape index (κ2) is 16.9. The zero-order valence-corrected chi connectivity index (χ0v) is 24.0. The third kappa shape index (κ3) is 12.0. The Morgan fingerprint density at radius 2 is 1.12 bits per heavy atom. The molecule has 0 radical (unpaired) electrons. The molecule has 4 atom stereocenters. The van der Waals surface area contributed by atoms with Gasteiger partial charge in [-0.2, -0.15) is 0 Å². The van der Waals surface area contributed by atoms with E-state index in [9.17, 15) is 33.6 Å². The molecule has 43 heavy (non-hydrogen) atoms. The van der Waals surface area contributed by atoms with Crippen molar-refractivity contribution >= 4 is 41.4 Å². The summed E-state index contributed by atoms with van der Waals surface area (Å²) in [6.07, 6.45) is 0.0592. The summed E-state index contributed by atoms with van der Waals surface area (Å²) in [5.74, 6) is -5.14. The maximum Gasteiger partial charge on any atom is 0.322 e. The van der Waals surface area contributed by atoms with Gasteiger partial charge in [0.25, 0.3) is 5.91 Å². The van der Waals surface area contributed by atoms with E-state index in [1.165, 1.54) is 20.8 Å². The summed E-state index contributed by atoms with van der Waals surface area (Å²) < 4.78 is 0. The molecule has 2 rings (SSSR count). The number of benzene rings is 2. The highest BCUT2D eigenvalue weighted by Crippen LogP contribution is 2.05. The van der Waals surface area contributed by atoms with Crippen molar-refractivity contribution in [2.75, 3.05) is 13.1 Å². The van der Waals surface area contributed by atoms with Crippen LogP contribution in [0.4, 0.5) is 0 Å². The highest BCUT2D eigenvalue weighted by atomic mass is 16.4. The minimum Gasteiger partial charge on any atom is -0.480 e. The van der Waals surface area contributed by atoms with Gasteiger partial charge in [-0.3, -0.25) is 33.6 Å². The maximum atomic E-state index is 13.0. The van der Waals surface area contributed by atoms with Crippen molar-refractivity contribution in [3.05, 3.63) is 71.8 Å². The summed E-state index contributed by atoms with van der Waals surface area (Å²) in [5.41, 5.74) is 1.08. The molecule has 2 aromatic rings. The van der Waals surface area contributed by atoms with Crippen molar-refractivity contribution in [1.29, 1.82) is 0 Å². The lowest BCUT2D eigenvalue weighted by molar-refractivity contribution is -0.138. The van der Waals surface area contributed by atoms with Gasteiger partial charge in [0, 0.05) is 12.0 Å². The molecule has 7 N–H and O–H groups in total. The van der Waals surface area contributed by atoms with Gasteiger partial charge in [0.1, 0.15) is 30.7 Å². The van der Waals surface area contributed by atoms with Gasteiger partial charge in [0.05, 0.1) is 6.54 Å². The molecule has 0 heterocycles. The lowest BCUT2D eigenvalue weighted by atomic mass is 10.0. The van der Waals surface area contributed by atoms with Crippen LogP contribution < -0.4 is 31.9 Å².